The van der Waals surface area contributed by atoms with Crippen LogP contribution in [0.15, 0.2) is 35.2 Å². The van der Waals surface area contributed by atoms with Crippen LogP contribution in [0.2, 0.25) is 0 Å². The summed E-state index contributed by atoms with van der Waals surface area (Å²) in [4.78, 5) is 0.0418. The average Bonchev–Trinajstić information content (AvgIpc) is 2.63. The van der Waals surface area contributed by atoms with Gasteiger partial charge in [0.2, 0.25) is 0 Å². The van der Waals surface area contributed by atoms with E-state index in [1.165, 1.54) is 7.11 Å². The second kappa shape index (κ2) is 11.3. The maximum Gasteiger partial charge on any atom is 0.166 e. The van der Waals surface area contributed by atoms with E-state index in [0.717, 1.165) is 18.2 Å². The normalized spacial score (nSPS) is 12.9. The van der Waals surface area contributed by atoms with Crippen molar-refractivity contribution in [2.75, 3.05) is 20.3 Å². The fraction of sp³-hybridized carbons (Fsp3) is 0.368. The largest absolute Gasteiger partial charge is 0.396 e. The van der Waals surface area contributed by atoms with Crippen molar-refractivity contribution in [2.24, 2.45) is 5.92 Å². The van der Waals surface area contributed by atoms with Crippen molar-refractivity contribution in [3.63, 3.8) is 0 Å². The second-order valence-corrected chi connectivity index (χ2v) is 6.51. The first-order valence-corrected chi connectivity index (χ1v) is 9.11. The molecular formula is C19H21F5O2S. The number of rotatable bonds is 7. The highest BCUT2D eigenvalue weighted by molar-refractivity contribution is 7.99. The maximum absolute atomic E-state index is 14.2. The van der Waals surface area contributed by atoms with Gasteiger partial charge in [0.1, 0.15) is 17.5 Å². The maximum atomic E-state index is 14.2. The van der Waals surface area contributed by atoms with E-state index in [9.17, 15) is 27.1 Å². The minimum atomic E-state index is -1.41. The molecule has 0 radical (unpaired) electrons. The summed E-state index contributed by atoms with van der Waals surface area (Å²) in [6, 6.07) is 4.02. The van der Waals surface area contributed by atoms with E-state index < -0.39 is 52.4 Å². The topological polar surface area (TPSA) is 29.5 Å². The molecule has 0 fully saturated rings. The van der Waals surface area contributed by atoms with Gasteiger partial charge in [0, 0.05) is 41.4 Å². The van der Waals surface area contributed by atoms with Crippen LogP contribution in [0.25, 0.3) is 0 Å². The summed E-state index contributed by atoms with van der Waals surface area (Å²) in [6.45, 7) is 3.38. The van der Waals surface area contributed by atoms with Gasteiger partial charge < -0.3 is 9.84 Å². The lowest BCUT2D eigenvalue weighted by Gasteiger charge is -2.26. The average molecular weight is 408 g/mol. The summed E-state index contributed by atoms with van der Waals surface area (Å²) in [7, 11) is 1.32. The summed E-state index contributed by atoms with van der Waals surface area (Å²) in [6.07, 6.45) is 0. The molecule has 2 aromatic carbocycles. The van der Waals surface area contributed by atoms with Gasteiger partial charge in [-0.2, -0.15) is 0 Å². The van der Waals surface area contributed by atoms with Gasteiger partial charge in [0.25, 0.3) is 0 Å². The number of aliphatic hydroxyl groups is 1. The van der Waals surface area contributed by atoms with Crippen molar-refractivity contribution in [1.29, 1.82) is 0 Å². The molecule has 0 saturated heterocycles. The van der Waals surface area contributed by atoms with Crippen molar-refractivity contribution < 1.29 is 31.8 Å². The SMILES string of the molecule is CC.COCC(CO)C(Sc1cc(F)cc(F)c1)c1c(F)ccc(F)c1F. The summed E-state index contributed by atoms with van der Waals surface area (Å²) >= 11 is 0.713. The molecule has 0 aromatic heterocycles. The van der Waals surface area contributed by atoms with Crippen molar-refractivity contribution in [3.05, 3.63) is 65.0 Å². The van der Waals surface area contributed by atoms with Gasteiger partial charge >= 0.3 is 0 Å². The molecule has 0 saturated carbocycles. The first-order chi connectivity index (χ1) is 12.9. The zero-order valence-electron chi connectivity index (χ0n) is 15.1. The highest BCUT2D eigenvalue weighted by Gasteiger charge is 2.31. The second-order valence-electron chi connectivity index (χ2n) is 5.30. The van der Waals surface area contributed by atoms with E-state index in [1.54, 1.807) is 0 Å². The number of ether oxygens (including phenoxy) is 1. The third kappa shape index (κ3) is 6.19. The lowest BCUT2D eigenvalue weighted by atomic mass is 9.99. The lowest BCUT2D eigenvalue weighted by molar-refractivity contribution is 0.107. The van der Waals surface area contributed by atoms with Gasteiger partial charge in [-0.3, -0.25) is 0 Å². The van der Waals surface area contributed by atoms with Crippen molar-refractivity contribution in [1.82, 2.24) is 0 Å². The van der Waals surface area contributed by atoms with Crippen LogP contribution >= 0.6 is 11.8 Å². The number of aliphatic hydroxyl groups excluding tert-OH is 1. The zero-order chi connectivity index (χ0) is 20.6. The molecular weight excluding hydrogens is 387 g/mol. The van der Waals surface area contributed by atoms with Crippen LogP contribution in [-0.4, -0.2) is 25.4 Å². The smallest absolute Gasteiger partial charge is 0.166 e. The predicted octanol–water partition coefficient (Wildman–Crippen LogP) is 5.50. The first kappa shape index (κ1) is 23.4. The number of methoxy groups -OCH3 is 1. The van der Waals surface area contributed by atoms with Gasteiger partial charge in [-0.05, 0) is 24.3 Å². The molecule has 0 aliphatic heterocycles. The molecule has 27 heavy (non-hydrogen) atoms. The molecule has 1 N–H and O–H groups in total. The summed E-state index contributed by atoms with van der Waals surface area (Å²) in [5.74, 6) is -6.28. The van der Waals surface area contributed by atoms with Crippen molar-refractivity contribution >= 4 is 11.8 Å². The molecule has 0 amide bonds. The van der Waals surface area contributed by atoms with Crippen molar-refractivity contribution in [3.8, 4) is 0 Å². The van der Waals surface area contributed by atoms with E-state index in [2.05, 4.69) is 0 Å². The van der Waals surface area contributed by atoms with Crippen LogP contribution in [0.3, 0.4) is 0 Å². The molecule has 8 heteroatoms. The molecule has 0 aliphatic carbocycles. The van der Waals surface area contributed by atoms with Gasteiger partial charge in [-0.25, -0.2) is 22.0 Å². The highest BCUT2D eigenvalue weighted by Crippen LogP contribution is 2.43. The standard InChI is InChI=1S/C17H15F5O2S.C2H6/c1-24-8-9(7-23)17(15-13(20)2-3-14(21)16(15)22)25-12-5-10(18)4-11(19)6-12;1-2/h2-6,9,17,23H,7-8H2,1H3;1-2H3. The number of halogens is 5. The van der Waals surface area contributed by atoms with Gasteiger partial charge in [0.15, 0.2) is 11.6 Å². The van der Waals surface area contributed by atoms with Gasteiger partial charge in [-0.1, -0.05) is 13.8 Å². The number of hydrogen-bond acceptors (Lipinski definition) is 3. The summed E-state index contributed by atoms with van der Waals surface area (Å²) in [5.41, 5.74) is -0.620. The Morgan fingerprint density at radius 2 is 1.52 bits per heavy atom. The number of benzene rings is 2. The Hall–Kier alpha value is -1.64. The zero-order valence-corrected chi connectivity index (χ0v) is 15.9. The monoisotopic (exact) mass is 408 g/mol. The molecule has 2 rings (SSSR count). The van der Waals surface area contributed by atoms with Crippen LogP contribution in [0.5, 0.6) is 0 Å². The van der Waals surface area contributed by atoms with Gasteiger partial charge in [-0.15, -0.1) is 11.8 Å². The van der Waals surface area contributed by atoms with Gasteiger partial charge in [0.05, 0.1) is 6.61 Å². The van der Waals surface area contributed by atoms with E-state index in [4.69, 9.17) is 4.74 Å². The van der Waals surface area contributed by atoms with Crippen LogP contribution in [0.1, 0.15) is 24.7 Å². The third-order valence-corrected chi connectivity index (χ3v) is 4.89. The Balaban J connectivity index is 0.00000176. The predicted molar refractivity (Wildman–Crippen MR) is 95.1 cm³/mol. The fourth-order valence-electron chi connectivity index (χ4n) is 2.39. The Morgan fingerprint density at radius 3 is 2.04 bits per heavy atom. The Morgan fingerprint density at radius 1 is 0.963 bits per heavy atom. The fourth-order valence-corrected chi connectivity index (χ4v) is 3.73. The molecule has 0 heterocycles. The number of thioether (sulfide) groups is 1. The highest BCUT2D eigenvalue weighted by atomic mass is 32.2. The van der Waals surface area contributed by atoms with E-state index in [0.29, 0.717) is 23.9 Å². The minimum Gasteiger partial charge on any atom is -0.396 e. The molecule has 2 atom stereocenters. The van der Waals surface area contributed by atoms with Crippen molar-refractivity contribution in [2.45, 2.75) is 24.0 Å². The van der Waals surface area contributed by atoms with E-state index in [1.807, 2.05) is 13.8 Å². The molecule has 0 aliphatic rings. The molecule has 2 nitrogen and oxygen atoms in total. The van der Waals surface area contributed by atoms with Crippen LogP contribution in [0, 0.1) is 35.0 Å². The molecule has 2 aromatic rings. The minimum absolute atomic E-state index is 0.0418. The van der Waals surface area contributed by atoms with Crippen LogP contribution < -0.4 is 0 Å². The molecule has 2 unspecified atom stereocenters. The molecule has 150 valence electrons. The van der Waals surface area contributed by atoms with Crippen LogP contribution in [0.4, 0.5) is 22.0 Å². The Bertz CT molecular complexity index is 722. The lowest BCUT2D eigenvalue weighted by Crippen LogP contribution is -2.22. The van der Waals surface area contributed by atoms with Crippen LogP contribution in [-0.2, 0) is 4.74 Å². The molecule has 0 bridgehead atoms. The third-order valence-electron chi connectivity index (χ3n) is 3.51. The molecule has 0 spiro atoms. The number of hydrogen-bond donors (Lipinski definition) is 1. The van der Waals surface area contributed by atoms with E-state index >= 15 is 0 Å². The Kier molecular flexibility index (Phi) is 9.76. The summed E-state index contributed by atoms with van der Waals surface area (Å²) in [5, 5.41) is 8.38. The quantitative estimate of drug-likeness (QED) is 0.373. The Labute approximate surface area is 159 Å². The first-order valence-electron chi connectivity index (χ1n) is 8.23. The van der Waals surface area contributed by atoms with E-state index in [-0.39, 0.29) is 11.5 Å². The summed E-state index contributed by atoms with van der Waals surface area (Å²) < 4.78 is 73.7.